The van der Waals surface area contributed by atoms with Crippen LogP contribution in [-0.4, -0.2) is 22.6 Å². The van der Waals surface area contributed by atoms with Crippen LogP contribution in [0.25, 0.3) is 10.8 Å². The number of hydrogen-bond acceptors (Lipinski definition) is 3. The summed E-state index contributed by atoms with van der Waals surface area (Å²) in [7, 11) is 0. The van der Waals surface area contributed by atoms with Crippen LogP contribution in [0.4, 0.5) is 5.82 Å². The Kier molecular flexibility index (Phi) is 3.31. The Hall–Kier alpha value is -1.35. The highest BCUT2D eigenvalue weighted by atomic mass is 35.5. The average Bonchev–Trinajstić information content (AvgIpc) is 3.19. The van der Waals surface area contributed by atoms with E-state index in [1.165, 1.54) is 18.2 Å². The molecule has 1 aromatic carbocycles. The molecule has 19 heavy (non-hydrogen) atoms. The maximum Gasteiger partial charge on any atom is 0.156 e. The smallest absolute Gasteiger partial charge is 0.156 e. The molecule has 0 spiro atoms. The first-order valence-electron chi connectivity index (χ1n) is 6.76. The maximum atomic E-state index is 5.87. The number of anilines is 1. The van der Waals surface area contributed by atoms with Crippen LogP contribution in [0.2, 0.25) is 0 Å². The highest BCUT2D eigenvalue weighted by Gasteiger charge is 2.41. The summed E-state index contributed by atoms with van der Waals surface area (Å²) in [4.78, 5) is 0. The van der Waals surface area contributed by atoms with Crippen molar-refractivity contribution in [1.82, 2.24) is 10.2 Å². The van der Waals surface area contributed by atoms with Crippen molar-refractivity contribution in [3.05, 3.63) is 30.0 Å². The summed E-state index contributed by atoms with van der Waals surface area (Å²) in [6.45, 7) is 2.94. The molecule has 2 aromatic rings. The molecule has 0 aliphatic heterocycles. The molecule has 3 nitrogen and oxygen atoms in total. The highest BCUT2D eigenvalue weighted by Crippen LogP contribution is 2.49. The molecular formula is C15H18ClN3. The number of rotatable bonds is 5. The van der Waals surface area contributed by atoms with E-state index >= 15 is 0 Å². The molecule has 0 saturated heterocycles. The summed E-state index contributed by atoms with van der Waals surface area (Å²) in [5.41, 5.74) is 1.37. The van der Waals surface area contributed by atoms with Crippen LogP contribution >= 0.6 is 11.6 Å². The molecule has 4 heteroatoms. The van der Waals surface area contributed by atoms with E-state index in [1.807, 2.05) is 19.1 Å². The van der Waals surface area contributed by atoms with Crippen molar-refractivity contribution in [3.63, 3.8) is 0 Å². The Labute approximate surface area is 118 Å². The summed E-state index contributed by atoms with van der Waals surface area (Å²) in [6, 6.07) is 8.27. The molecule has 1 aliphatic rings. The second-order valence-electron chi connectivity index (χ2n) is 5.47. The summed E-state index contributed by atoms with van der Waals surface area (Å²) in [5, 5.41) is 14.3. The van der Waals surface area contributed by atoms with Gasteiger partial charge in [-0.1, -0.05) is 24.3 Å². The molecule has 0 amide bonds. The standard InChI is InChI=1S/C15H18ClN3/c1-11-12-4-2-3-5-13(12)14(19-18-11)17-10-15(6-7-15)8-9-16/h2-5H,6-10H2,1H3,(H,17,19). The number of hydrogen-bond donors (Lipinski definition) is 1. The largest absolute Gasteiger partial charge is 0.368 e. The van der Waals surface area contributed by atoms with Gasteiger partial charge in [0.15, 0.2) is 5.82 Å². The van der Waals surface area contributed by atoms with Gasteiger partial charge in [0.25, 0.3) is 0 Å². The van der Waals surface area contributed by atoms with Gasteiger partial charge in [0.1, 0.15) is 0 Å². The molecule has 3 rings (SSSR count). The molecule has 1 aliphatic carbocycles. The van der Waals surface area contributed by atoms with Gasteiger partial charge in [0.05, 0.1) is 5.69 Å². The second kappa shape index (κ2) is 4.97. The SMILES string of the molecule is Cc1nnc(NCC2(CCCl)CC2)c2ccccc12. The Morgan fingerprint density at radius 1 is 1.21 bits per heavy atom. The van der Waals surface area contributed by atoms with Crippen LogP contribution in [0, 0.1) is 12.3 Å². The van der Waals surface area contributed by atoms with E-state index in [-0.39, 0.29) is 0 Å². The number of nitrogens with one attached hydrogen (secondary N) is 1. The Morgan fingerprint density at radius 2 is 1.95 bits per heavy atom. The van der Waals surface area contributed by atoms with Crippen LogP contribution in [-0.2, 0) is 0 Å². The third-order valence-corrected chi connectivity index (χ3v) is 4.27. The van der Waals surface area contributed by atoms with E-state index in [9.17, 15) is 0 Å². The first kappa shape index (κ1) is 12.7. The van der Waals surface area contributed by atoms with Crippen LogP contribution in [0.5, 0.6) is 0 Å². The lowest BCUT2D eigenvalue weighted by molar-refractivity contribution is 0.524. The molecule has 1 N–H and O–H groups in total. The number of nitrogens with zero attached hydrogens (tertiary/aromatic N) is 2. The minimum atomic E-state index is 0.398. The van der Waals surface area contributed by atoms with Crippen molar-refractivity contribution in [2.75, 3.05) is 17.7 Å². The molecular weight excluding hydrogens is 258 g/mol. The number of benzene rings is 1. The Bertz CT molecular complexity index is 593. The number of aryl methyl sites for hydroxylation is 1. The molecule has 0 radical (unpaired) electrons. The zero-order valence-corrected chi connectivity index (χ0v) is 11.9. The van der Waals surface area contributed by atoms with Crippen molar-refractivity contribution in [2.24, 2.45) is 5.41 Å². The molecule has 0 bridgehead atoms. The zero-order valence-electron chi connectivity index (χ0n) is 11.1. The van der Waals surface area contributed by atoms with Crippen molar-refractivity contribution >= 4 is 28.2 Å². The number of halogens is 1. The summed E-state index contributed by atoms with van der Waals surface area (Å²) >= 11 is 5.87. The van der Waals surface area contributed by atoms with Gasteiger partial charge in [-0.3, -0.25) is 0 Å². The molecule has 100 valence electrons. The Morgan fingerprint density at radius 3 is 2.63 bits per heavy atom. The van der Waals surface area contributed by atoms with Crippen molar-refractivity contribution in [2.45, 2.75) is 26.2 Å². The lowest BCUT2D eigenvalue weighted by Gasteiger charge is -2.16. The third-order valence-electron chi connectivity index (χ3n) is 4.08. The number of aromatic nitrogens is 2. The van der Waals surface area contributed by atoms with Crippen LogP contribution in [0.1, 0.15) is 25.0 Å². The predicted molar refractivity (Wildman–Crippen MR) is 79.8 cm³/mol. The van der Waals surface area contributed by atoms with Crippen LogP contribution in [0.3, 0.4) is 0 Å². The Balaban J connectivity index is 1.84. The van der Waals surface area contributed by atoms with E-state index < -0.39 is 0 Å². The second-order valence-corrected chi connectivity index (χ2v) is 5.85. The molecule has 0 atom stereocenters. The van der Waals surface area contributed by atoms with Gasteiger partial charge in [-0.25, -0.2) is 0 Å². The third kappa shape index (κ3) is 2.52. The van der Waals surface area contributed by atoms with Gasteiger partial charge in [0.2, 0.25) is 0 Å². The fraction of sp³-hybridized carbons (Fsp3) is 0.467. The van der Waals surface area contributed by atoms with E-state index in [1.54, 1.807) is 0 Å². The van der Waals surface area contributed by atoms with Gasteiger partial charge in [-0.05, 0) is 31.6 Å². The summed E-state index contributed by atoms with van der Waals surface area (Å²) in [6.07, 6.45) is 3.62. The zero-order chi connectivity index (χ0) is 13.3. The summed E-state index contributed by atoms with van der Waals surface area (Å²) in [5.74, 6) is 1.63. The van der Waals surface area contributed by atoms with Crippen LogP contribution < -0.4 is 5.32 Å². The number of alkyl halides is 1. The molecule has 1 aromatic heterocycles. The maximum absolute atomic E-state index is 5.87. The fourth-order valence-electron chi connectivity index (χ4n) is 2.53. The van der Waals surface area contributed by atoms with E-state index in [2.05, 4.69) is 27.6 Å². The van der Waals surface area contributed by atoms with Crippen molar-refractivity contribution in [1.29, 1.82) is 0 Å². The van der Waals surface area contributed by atoms with E-state index in [0.717, 1.165) is 35.7 Å². The average molecular weight is 276 g/mol. The lowest BCUT2D eigenvalue weighted by Crippen LogP contribution is -2.17. The van der Waals surface area contributed by atoms with Gasteiger partial charge < -0.3 is 5.32 Å². The molecule has 0 unspecified atom stereocenters. The summed E-state index contributed by atoms with van der Waals surface area (Å²) < 4.78 is 0. The minimum Gasteiger partial charge on any atom is -0.368 e. The first-order valence-corrected chi connectivity index (χ1v) is 7.29. The van der Waals surface area contributed by atoms with Gasteiger partial charge in [0, 0.05) is 23.2 Å². The molecule has 1 saturated carbocycles. The monoisotopic (exact) mass is 275 g/mol. The number of fused-ring (bicyclic) bond motifs is 1. The lowest BCUT2D eigenvalue weighted by atomic mass is 10.0. The molecule has 1 fully saturated rings. The van der Waals surface area contributed by atoms with Gasteiger partial charge in [-0.15, -0.1) is 16.7 Å². The van der Waals surface area contributed by atoms with Gasteiger partial charge >= 0.3 is 0 Å². The van der Waals surface area contributed by atoms with Crippen molar-refractivity contribution in [3.8, 4) is 0 Å². The first-order chi connectivity index (χ1) is 9.24. The van der Waals surface area contributed by atoms with Gasteiger partial charge in [-0.2, -0.15) is 5.10 Å². The fourth-order valence-corrected chi connectivity index (χ4v) is 2.93. The topological polar surface area (TPSA) is 37.8 Å². The quantitative estimate of drug-likeness (QED) is 0.845. The normalized spacial score (nSPS) is 16.5. The predicted octanol–water partition coefficient (Wildman–Crippen LogP) is 3.76. The van der Waals surface area contributed by atoms with E-state index in [0.29, 0.717) is 5.41 Å². The van der Waals surface area contributed by atoms with Crippen molar-refractivity contribution < 1.29 is 0 Å². The highest BCUT2D eigenvalue weighted by molar-refractivity contribution is 6.17. The van der Waals surface area contributed by atoms with E-state index in [4.69, 9.17) is 11.6 Å². The molecule has 1 heterocycles. The van der Waals surface area contributed by atoms with Crippen LogP contribution in [0.15, 0.2) is 24.3 Å². The minimum absolute atomic E-state index is 0.398.